The van der Waals surface area contributed by atoms with Crippen LogP contribution in [-0.4, -0.2) is 21.0 Å². The molecule has 2 aromatic carbocycles. The summed E-state index contributed by atoms with van der Waals surface area (Å²) in [6.07, 6.45) is 3.32. The molecule has 0 aliphatic heterocycles. The third-order valence-electron chi connectivity index (χ3n) is 4.33. The maximum atomic E-state index is 12.2. The molecule has 2 aromatic rings. The Hall–Kier alpha value is -1.93. The molecule has 10 heteroatoms. The summed E-state index contributed by atoms with van der Waals surface area (Å²) in [5.74, 6) is -0.208. The Morgan fingerprint density at radius 3 is 2.16 bits per heavy atom. The number of amides is 1. The molecule has 1 atom stereocenters. The van der Waals surface area contributed by atoms with Crippen molar-refractivity contribution >= 4 is 75.1 Å². The zero-order valence-corrected chi connectivity index (χ0v) is 20.7. The van der Waals surface area contributed by atoms with Gasteiger partial charge in [0.15, 0.2) is 5.11 Å². The summed E-state index contributed by atoms with van der Waals surface area (Å²) in [5, 5.41) is 17.1. The fourth-order valence-electron chi connectivity index (χ4n) is 2.67. The molecular formula is C22H26Cl3N5OS. The van der Waals surface area contributed by atoms with Crippen LogP contribution in [0.15, 0.2) is 64.8 Å². The van der Waals surface area contributed by atoms with Gasteiger partial charge in [0.25, 0.3) is 0 Å². The minimum atomic E-state index is -1.79. The summed E-state index contributed by atoms with van der Waals surface area (Å²) in [4.78, 5) is 12.2. The monoisotopic (exact) mass is 513 g/mol. The van der Waals surface area contributed by atoms with Crippen LogP contribution < -0.4 is 16.0 Å². The van der Waals surface area contributed by atoms with Gasteiger partial charge in [-0.15, -0.1) is 0 Å². The predicted molar refractivity (Wildman–Crippen MR) is 137 cm³/mol. The van der Waals surface area contributed by atoms with Crippen molar-refractivity contribution in [2.45, 2.75) is 49.0 Å². The van der Waals surface area contributed by atoms with Crippen LogP contribution in [0.5, 0.6) is 0 Å². The lowest BCUT2D eigenvalue weighted by Crippen LogP contribution is -2.56. The van der Waals surface area contributed by atoms with Gasteiger partial charge in [-0.1, -0.05) is 79.2 Å². The van der Waals surface area contributed by atoms with Gasteiger partial charge >= 0.3 is 0 Å². The Morgan fingerprint density at radius 1 is 0.938 bits per heavy atom. The average Bonchev–Trinajstić information content (AvgIpc) is 2.76. The van der Waals surface area contributed by atoms with Gasteiger partial charge in [-0.2, -0.15) is 10.2 Å². The maximum Gasteiger partial charge on any atom is 0.228 e. The van der Waals surface area contributed by atoms with Crippen molar-refractivity contribution in [2.75, 3.05) is 5.32 Å². The normalized spacial score (nSPS) is 12.4. The van der Waals surface area contributed by atoms with E-state index in [2.05, 4.69) is 33.1 Å². The van der Waals surface area contributed by atoms with E-state index in [0.717, 1.165) is 31.4 Å². The molecule has 0 spiro atoms. The molecule has 32 heavy (non-hydrogen) atoms. The number of alkyl halides is 3. The summed E-state index contributed by atoms with van der Waals surface area (Å²) in [6, 6.07) is 16.6. The molecule has 2 rings (SSSR count). The van der Waals surface area contributed by atoms with Gasteiger partial charge in [0, 0.05) is 12.1 Å². The summed E-state index contributed by atoms with van der Waals surface area (Å²) in [7, 11) is 0. The fourth-order valence-corrected chi connectivity index (χ4v) is 3.23. The lowest BCUT2D eigenvalue weighted by atomic mass is 10.1. The van der Waals surface area contributed by atoms with E-state index in [1.54, 1.807) is 24.3 Å². The number of benzene rings is 2. The Balaban J connectivity index is 1.89. The number of unbranched alkanes of at least 4 members (excludes halogenated alkanes) is 3. The van der Waals surface area contributed by atoms with E-state index in [1.165, 1.54) is 0 Å². The van der Waals surface area contributed by atoms with Crippen LogP contribution in [0.25, 0.3) is 0 Å². The predicted octanol–water partition coefficient (Wildman–Crippen LogP) is 7.17. The molecule has 0 aliphatic rings. The maximum absolute atomic E-state index is 12.2. The minimum absolute atomic E-state index is 0.200. The average molecular weight is 515 g/mol. The lowest BCUT2D eigenvalue weighted by molar-refractivity contribution is -0.122. The molecule has 0 aromatic heterocycles. The number of anilines is 1. The van der Waals surface area contributed by atoms with Gasteiger partial charge in [0.2, 0.25) is 9.70 Å². The van der Waals surface area contributed by atoms with E-state index in [0.29, 0.717) is 17.8 Å². The van der Waals surface area contributed by atoms with Crippen molar-refractivity contribution < 1.29 is 4.79 Å². The highest BCUT2D eigenvalue weighted by molar-refractivity contribution is 7.80. The molecule has 0 unspecified atom stereocenters. The lowest BCUT2D eigenvalue weighted by Gasteiger charge is -2.27. The first-order chi connectivity index (χ1) is 15.3. The highest BCUT2D eigenvalue weighted by Gasteiger charge is 2.34. The number of halogens is 3. The topological polar surface area (TPSA) is 77.9 Å². The fraction of sp³-hybridized carbons (Fsp3) is 0.364. The second-order valence-electron chi connectivity index (χ2n) is 7.03. The molecular weight excluding hydrogens is 489 g/mol. The van der Waals surface area contributed by atoms with Crippen LogP contribution in [0.4, 0.5) is 17.1 Å². The summed E-state index contributed by atoms with van der Waals surface area (Å²) in [6.45, 7) is 2.11. The van der Waals surface area contributed by atoms with Crippen LogP contribution in [0.1, 0.15) is 39.0 Å². The number of azo groups is 1. The van der Waals surface area contributed by atoms with Crippen LogP contribution >= 0.6 is 47.0 Å². The quantitative estimate of drug-likeness (QED) is 0.103. The van der Waals surface area contributed by atoms with Crippen LogP contribution in [0.3, 0.4) is 0 Å². The number of carbonyl (C=O) groups is 1. The third-order valence-corrected chi connectivity index (χ3v) is 5.20. The highest BCUT2D eigenvalue weighted by Crippen LogP contribution is 2.29. The van der Waals surface area contributed by atoms with Crippen molar-refractivity contribution in [3.05, 3.63) is 54.6 Å². The molecule has 0 radical (unpaired) electrons. The second-order valence-corrected chi connectivity index (χ2v) is 9.81. The number of carbonyl (C=O) groups excluding carboxylic acids is 1. The van der Waals surface area contributed by atoms with Crippen LogP contribution in [-0.2, 0) is 4.79 Å². The first-order valence-electron chi connectivity index (χ1n) is 10.3. The number of hydrogen-bond acceptors (Lipinski definition) is 4. The third kappa shape index (κ3) is 10.1. The molecule has 0 aliphatic carbocycles. The van der Waals surface area contributed by atoms with Crippen LogP contribution in [0.2, 0.25) is 0 Å². The van der Waals surface area contributed by atoms with Gasteiger partial charge in [0.05, 0.1) is 11.4 Å². The van der Waals surface area contributed by atoms with Gasteiger partial charge in [-0.3, -0.25) is 4.79 Å². The molecule has 6 nitrogen and oxygen atoms in total. The standard InChI is InChI=1S/C22H26Cl3N5OS/c1-2-3-4-8-11-19(31)27-20(22(23,24)25)28-21(32)26-16-12-14-18(15-13-16)30-29-17-9-6-5-7-10-17/h5-7,9-10,12-15,20H,2-4,8,11H2,1H3,(H,27,31)(H2,26,28,32)/t20-/m0/s1. The molecule has 0 saturated heterocycles. The van der Waals surface area contributed by atoms with Crippen LogP contribution in [0, 0.1) is 0 Å². The van der Waals surface area contributed by atoms with E-state index in [-0.39, 0.29) is 11.0 Å². The molecule has 0 bridgehead atoms. The van der Waals surface area contributed by atoms with E-state index < -0.39 is 9.96 Å². The zero-order chi connectivity index (χ0) is 23.4. The van der Waals surface area contributed by atoms with Crippen molar-refractivity contribution in [2.24, 2.45) is 10.2 Å². The molecule has 0 fully saturated rings. The first-order valence-corrected chi connectivity index (χ1v) is 11.8. The highest BCUT2D eigenvalue weighted by atomic mass is 35.6. The Labute approximate surface area is 209 Å². The minimum Gasteiger partial charge on any atom is -0.339 e. The number of rotatable bonds is 10. The van der Waals surface area contributed by atoms with Crippen molar-refractivity contribution in [1.29, 1.82) is 0 Å². The Bertz CT molecular complexity index is 889. The first kappa shape index (κ1) is 26.3. The Kier molecular flexibility index (Phi) is 11.2. The molecule has 0 saturated carbocycles. The van der Waals surface area contributed by atoms with Crippen molar-refractivity contribution in [3.8, 4) is 0 Å². The van der Waals surface area contributed by atoms with Gasteiger partial charge in [-0.25, -0.2) is 0 Å². The van der Waals surface area contributed by atoms with Gasteiger partial charge in [0.1, 0.15) is 6.17 Å². The molecule has 1 amide bonds. The van der Waals surface area contributed by atoms with Gasteiger partial charge < -0.3 is 16.0 Å². The van der Waals surface area contributed by atoms with E-state index >= 15 is 0 Å². The van der Waals surface area contributed by atoms with Crippen molar-refractivity contribution in [3.63, 3.8) is 0 Å². The Morgan fingerprint density at radius 2 is 1.56 bits per heavy atom. The number of nitrogens with one attached hydrogen (secondary N) is 3. The zero-order valence-electron chi connectivity index (χ0n) is 17.7. The number of hydrogen-bond donors (Lipinski definition) is 3. The SMILES string of the molecule is CCCCCCC(=O)N[C@@H](NC(=S)Nc1ccc(N=Nc2ccccc2)cc1)C(Cl)(Cl)Cl. The smallest absolute Gasteiger partial charge is 0.228 e. The molecule has 172 valence electrons. The molecule has 3 N–H and O–H groups in total. The second kappa shape index (κ2) is 13.6. The van der Waals surface area contributed by atoms with Crippen molar-refractivity contribution in [1.82, 2.24) is 10.6 Å². The summed E-state index contributed by atoms with van der Waals surface area (Å²) in [5.41, 5.74) is 2.16. The molecule has 0 heterocycles. The van der Waals surface area contributed by atoms with E-state index in [9.17, 15) is 4.79 Å². The summed E-state index contributed by atoms with van der Waals surface area (Å²) < 4.78 is -1.79. The van der Waals surface area contributed by atoms with E-state index in [1.807, 2.05) is 30.3 Å². The largest absolute Gasteiger partial charge is 0.339 e. The number of thiocarbonyl (C=S) groups is 1. The number of nitrogens with zero attached hydrogens (tertiary/aromatic N) is 2. The van der Waals surface area contributed by atoms with E-state index in [4.69, 9.17) is 47.0 Å². The van der Waals surface area contributed by atoms with Gasteiger partial charge in [-0.05, 0) is 55.0 Å². The summed E-state index contributed by atoms with van der Waals surface area (Å²) >= 11 is 23.4.